The van der Waals surface area contributed by atoms with Crippen LogP contribution in [0.15, 0.2) is 92.1 Å². The van der Waals surface area contributed by atoms with Crippen molar-refractivity contribution in [1.82, 2.24) is 0 Å². The first-order valence-corrected chi connectivity index (χ1v) is 13.0. The number of phenolic OH excluding ortho intramolecular Hbond substituents is 1. The van der Waals surface area contributed by atoms with Crippen molar-refractivity contribution in [3.05, 3.63) is 82.4 Å². The molecule has 38 heavy (non-hydrogen) atoms. The lowest BCUT2D eigenvalue weighted by molar-refractivity contribution is -0.384. The molecule has 0 aliphatic heterocycles. The van der Waals surface area contributed by atoms with Crippen LogP contribution in [0.5, 0.6) is 5.75 Å². The molecule has 0 saturated carbocycles. The third kappa shape index (κ3) is 5.76. The molecule has 0 radical (unpaired) electrons. The van der Waals surface area contributed by atoms with Crippen LogP contribution in [0.2, 0.25) is 0 Å². The number of anilines is 1. The van der Waals surface area contributed by atoms with Gasteiger partial charge in [0.25, 0.3) is 5.69 Å². The number of hydrogen-bond acceptors (Lipinski definition) is 10. The molecule has 4 rings (SSSR count). The average molecular weight is 555 g/mol. The van der Waals surface area contributed by atoms with Crippen molar-refractivity contribution in [1.29, 1.82) is 0 Å². The van der Waals surface area contributed by atoms with Gasteiger partial charge in [-0.15, -0.1) is 10.2 Å². The van der Waals surface area contributed by atoms with E-state index in [1.807, 2.05) is 0 Å². The number of nitro groups is 1. The van der Waals surface area contributed by atoms with Gasteiger partial charge in [-0.05, 0) is 47.3 Å². The van der Waals surface area contributed by atoms with Crippen LogP contribution in [0.25, 0.3) is 10.8 Å². The Kier molecular flexibility index (Phi) is 7.92. The molecule has 15 heteroatoms. The second kappa shape index (κ2) is 11.3. The third-order valence-electron chi connectivity index (χ3n) is 5.24. The molecule has 0 fully saturated rings. The van der Waals surface area contributed by atoms with Gasteiger partial charge in [0.15, 0.2) is 27.9 Å². The van der Waals surface area contributed by atoms with Crippen molar-refractivity contribution in [2.45, 2.75) is 10.6 Å². The van der Waals surface area contributed by atoms with Crippen LogP contribution >= 0.6 is 0 Å². The van der Waals surface area contributed by atoms with Crippen molar-refractivity contribution in [3.8, 4) is 5.75 Å². The molecule has 2 unspecified atom stereocenters. The minimum absolute atomic E-state index is 0.00586. The van der Waals surface area contributed by atoms with Gasteiger partial charge in [0.2, 0.25) is 0 Å². The van der Waals surface area contributed by atoms with E-state index in [2.05, 4.69) is 20.5 Å². The summed E-state index contributed by atoms with van der Waals surface area (Å²) in [5.74, 6) is -0.895. The van der Waals surface area contributed by atoms with E-state index in [4.69, 9.17) is 5.73 Å². The fourth-order valence-corrected chi connectivity index (χ4v) is 4.57. The second-order valence-corrected chi connectivity index (χ2v) is 9.56. The van der Waals surface area contributed by atoms with Crippen molar-refractivity contribution in [2.75, 3.05) is 5.73 Å². The van der Waals surface area contributed by atoms with Gasteiger partial charge in [0.05, 0.1) is 38.0 Å². The number of azo groups is 2. The van der Waals surface area contributed by atoms with E-state index in [1.165, 1.54) is 36.4 Å². The molecule has 194 valence electrons. The fourth-order valence-electron chi connectivity index (χ4n) is 3.54. The van der Waals surface area contributed by atoms with Crippen LogP contribution in [-0.2, 0) is 27.9 Å². The van der Waals surface area contributed by atoms with Gasteiger partial charge in [-0.2, -0.15) is 10.2 Å². The Balaban J connectivity index is 1.90. The topological polar surface area (TPSA) is 213 Å². The summed E-state index contributed by atoms with van der Waals surface area (Å²) in [5.41, 5.74) is 6.37. The molecule has 4 aromatic carbocycles. The molecule has 0 saturated heterocycles. The lowest BCUT2D eigenvalue weighted by Crippen LogP contribution is -1.99. The van der Waals surface area contributed by atoms with Gasteiger partial charge in [-0.3, -0.25) is 10.1 Å². The monoisotopic (exact) mass is 554 g/mol. The summed E-state index contributed by atoms with van der Waals surface area (Å²) in [7, 11) is 0. The number of non-ortho nitro benzene ring substituents is 1. The number of hydrogen-bond donors (Lipinski definition) is 4. The normalized spacial score (nSPS) is 13.3. The second-order valence-electron chi connectivity index (χ2n) is 7.69. The Bertz CT molecular complexity index is 1640. The Morgan fingerprint density at radius 2 is 1.47 bits per heavy atom. The maximum absolute atomic E-state index is 12.1. The lowest BCUT2D eigenvalue weighted by atomic mass is 10.0. The van der Waals surface area contributed by atoms with Gasteiger partial charge in [-0.1, -0.05) is 18.2 Å². The molecule has 5 N–H and O–H groups in total. The Labute approximate surface area is 219 Å². The molecule has 0 aromatic heterocycles. The van der Waals surface area contributed by atoms with E-state index in [-0.39, 0.29) is 49.7 Å². The van der Waals surface area contributed by atoms with Gasteiger partial charge < -0.3 is 19.9 Å². The van der Waals surface area contributed by atoms with Crippen LogP contribution in [0.1, 0.15) is 5.56 Å². The highest BCUT2D eigenvalue weighted by molar-refractivity contribution is 7.79. The molecule has 0 aliphatic carbocycles. The standard InChI is InChI=1S/C23H18N6O7S2/c24-20-19-13(10-14(12-37(33)34)21(23(19)30)27-25-15-4-2-1-3-5-15)11-18(38(35)36)22(20)28-26-16-6-8-17(9-7-16)29(31)32/h1-11,30H,12,24H2,(H,33,34)(H,35,36). The summed E-state index contributed by atoms with van der Waals surface area (Å²) in [6.45, 7) is 0. The summed E-state index contributed by atoms with van der Waals surface area (Å²) >= 11 is -4.90. The predicted molar refractivity (Wildman–Crippen MR) is 141 cm³/mol. The third-order valence-corrected chi connectivity index (χ3v) is 6.49. The summed E-state index contributed by atoms with van der Waals surface area (Å²) in [6, 6.07) is 16.3. The highest BCUT2D eigenvalue weighted by Gasteiger charge is 2.22. The van der Waals surface area contributed by atoms with E-state index < -0.39 is 38.6 Å². The smallest absolute Gasteiger partial charge is 0.269 e. The molecule has 0 amide bonds. The van der Waals surface area contributed by atoms with Gasteiger partial charge in [0.1, 0.15) is 11.4 Å². The zero-order valence-corrected chi connectivity index (χ0v) is 20.8. The van der Waals surface area contributed by atoms with Crippen LogP contribution in [0.3, 0.4) is 0 Å². The summed E-state index contributed by atoms with van der Waals surface area (Å²) in [5, 5.41) is 38.3. The fraction of sp³-hybridized carbons (Fsp3) is 0.0435. The molecule has 2 atom stereocenters. The van der Waals surface area contributed by atoms with Crippen molar-refractivity contribution in [3.63, 3.8) is 0 Å². The van der Waals surface area contributed by atoms with Crippen molar-refractivity contribution < 1.29 is 27.6 Å². The van der Waals surface area contributed by atoms with Gasteiger partial charge in [0, 0.05) is 12.1 Å². The van der Waals surface area contributed by atoms with Crippen LogP contribution < -0.4 is 5.73 Å². The maximum atomic E-state index is 12.1. The summed E-state index contributed by atoms with van der Waals surface area (Å²) in [6.07, 6.45) is 0. The van der Waals surface area contributed by atoms with Crippen molar-refractivity contribution in [2.24, 2.45) is 20.5 Å². The number of rotatable bonds is 8. The van der Waals surface area contributed by atoms with E-state index in [0.717, 1.165) is 0 Å². The number of phenols is 1. The number of benzene rings is 4. The maximum Gasteiger partial charge on any atom is 0.269 e. The molecule has 0 bridgehead atoms. The Morgan fingerprint density at radius 1 is 0.868 bits per heavy atom. The zero-order valence-electron chi connectivity index (χ0n) is 19.2. The molecule has 0 spiro atoms. The SMILES string of the molecule is Nc1c(N=Nc2ccc([N+](=O)[O-])cc2)c(S(=O)O)cc2cc(CS(=O)O)c(N=Nc3ccccc3)c(O)c12. The van der Waals surface area contributed by atoms with E-state index in [9.17, 15) is 32.7 Å². The number of fused-ring (bicyclic) bond motifs is 1. The first-order valence-electron chi connectivity index (χ1n) is 10.6. The predicted octanol–water partition coefficient (Wildman–Crippen LogP) is 6.17. The van der Waals surface area contributed by atoms with Crippen LogP contribution in [0, 0.1) is 10.1 Å². The van der Waals surface area contributed by atoms with Gasteiger partial charge in [-0.25, -0.2) is 8.42 Å². The first kappa shape index (κ1) is 26.6. The molecule has 4 aromatic rings. The van der Waals surface area contributed by atoms with Crippen molar-refractivity contribution >= 4 is 67.1 Å². The zero-order chi connectivity index (χ0) is 27.4. The lowest BCUT2D eigenvalue weighted by Gasteiger charge is -2.14. The minimum atomic E-state index is -2.59. The summed E-state index contributed by atoms with van der Waals surface area (Å²) in [4.78, 5) is 10.0. The first-order chi connectivity index (χ1) is 18.2. The molecular weight excluding hydrogens is 536 g/mol. The number of aromatic hydroxyl groups is 1. The number of nitrogens with two attached hydrogens (primary N) is 1. The summed E-state index contributed by atoms with van der Waals surface area (Å²) < 4.78 is 43.1. The van der Waals surface area contributed by atoms with E-state index >= 15 is 0 Å². The number of nitrogen functional groups attached to an aromatic ring is 1. The quantitative estimate of drug-likeness (QED) is 0.0648. The van der Waals surface area contributed by atoms with E-state index in [1.54, 1.807) is 30.3 Å². The molecule has 0 aliphatic rings. The molecule has 13 nitrogen and oxygen atoms in total. The largest absolute Gasteiger partial charge is 0.505 e. The molecular formula is C23H18N6O7S2. The number of nitrogens with zero attached hydrogens (tertiary/aromatic N) is 5. The van der Waals surface area contributed by atoms with Crippen LogP contribution in [0.4, 0.5) is 34.1 Å². The minimum Gasteiger partial charge on any atom is -0.505 e. The van der Waals surface area contributed by atoms with Gasteiger partial charge >= 0.3 is 0 Å². The average Bonchev–Trinajstić information content (AvgIpc) is 2.88. The van der Waals surface area contributed by atoms with E-state index in [0.29, 0.717) is 5.69 Å². The molecule has 0 heterocycles. The highest BCUT2D eigenvalue weighted by Crippen LogP contribution is 2.47. The Hall–Kier alpha value is -4.44. The Morgan fingerprint density at radius 3 is 2.05 bits per heavy atom. The van der Waals surface area contributed by atoms with Crippen LogP contribution in [-0.4, -0.2) is 27.6 Å². The highest BCUT2D eigenvalue weighted by atomic mass is 32.2. The number of nitro benzene ring substituents is 1.